The fourth-order valence-corrected chi connectivity index (χ4v) is 3.38. The van der Waals surface area contributed by atoms with Gasteiger partial charge in [-0.2, -0.15) is 0 Å². The van der Waals surface area contributed by atoms with Crippen LogP contribution in [0.4, 0.5) is 0 Å². The molecule has 0 radical (unpaired) electrons. The zero-order valence-corrected chi connectivity index (χ0v) is 13.5. The van der Waals surface area contributed by atoms with Crippen molar-refractivity contribution in [2.75, 3.05) is 19.5 Å². The first kappa shape index (κ1) is 15.1. The lowest BCUT2D eigenvalue weighted by Crippen LogP contribution is -2.09. The maximum Gasteiger partial charge on any atom is 0.209 e. The molecule has 1 aliphatic rings. The molecule has 3 rings (SSSR count). The quantitative estimate of drug-likeness (QED) is 0.577. The fourth-order valence-electron chi connectivity index (χ4n) is 2.62. The topological polar surface area (TPSA) is 62.1 Å². The first-order valence-corrected chi connectivity index (χ1v) is 8.53. The molecule has 6 nitrogen and oxygen atoms in total. The van der Waals surface area contributed by atoms with E-state index >= 15 is 0 Å². The maximum atomic E-state index is 5.71. The molecule has 22 heavy (non-hydrogen) atoms. The molecular formula is C15H20N4O2S. The molecule has 7 heteroatoms. The largest absolute Gasteiger partial charge is 0.497 e. The summed E-state index contributed by atoms with van der Waals surface area (Å²) < 4.78 is 12.8. The first-order chi connectivity index (χ1) is 10.9. The molecule has 0 amide bonds. The van der Waals surface area contributed by atoms with Crippen LogP contribution in [0.2, 0.25) is 0 Å². The summed E-state index contributed by atoms with van der Waals surface area (Å²) in [4.78, 5) is 0. The van der Waals surface area contributed by atoms with E-state index in [9.17, 15) is 0 Å². The van der Waals surface area contributed by atoms with Crippen LogP contribution < -0.4 is 9.47 Å². The monoisotopic (exact) mass is 320 g/mol. The van der Waals surface area contributed by atoms with Crippen molar-refractivity contribution in [1.29, 1.82) is 0 Å². The number of benzene rings is 1. The normalized spacial score (nSPS) is 15.1. The van der Waals surface area contributed by atoms with Crippen molar-refractivity contribution >= 4 is 11.8 Å². The van der Waals surface area contributed by atoms with Gasteiger partial charge in [-0.3, -0.25) is 0 Å². The Labute approximate surface area is 134 Å². The van der Waals surface area contributed by atoms with E-state index in [1.54, 1.807) is 18.9 Å². The molecule has 0 saturated heterocycles. The average molecular weight is 320 g/mol. The maximum absolute atomic E-state index is 5.71. The SMILES string of the molecule is COc1ccc(OCCSc2nnnn2C2CCCC2)cc1. The Balaban J connectivity index is 1.46. The highest BCUT2D eigenvalue weighted by atomic mass is 32.2. The number of hydrogen-bond donors (Lipinski definition) is 0. The Morgan fingerprint density at radius 3 is 2.64 bits per heavy atom. The number of hydrogen-bond acceptors (Lipinski definition) is 6. The van der Waals surface area contributed by atoms with Gasteiger partial charge in [0, 0.05) is 5.75 Å². The highest BCUT2D eigenvalue weighted by Crippen LogP contribution is 2.31. The number of thioether (sulfide) groups is 1. The van der Waals surface area contributed by atoms with E-state index in [4.69, 9.17) is 9.47 Å². The number of aromatic nitrogens is 4. The van der Waals surface area contributed by atoms with Crippen LogP contribution in [-0.2, 0) is 0 Å². The molecule has 0 spiro atoms. The third kappa shape index (κ3) is 3.71. The summed E-state index contributed by atoms with van der Waals surface area (Å²) in [5.41, 5.74) is 0. The molecule has 0 N–H and O–H groups in total. The van der Waals surface area contributed by atoms with Crippen LogP contribution in [0.5, 0.6) is 11.5 Å². The van der Waals surface area contributed by atoms with Gasteiger partial charge in [0.1, 0.15) is 11.5 Å². The van der Waals surface area contributed by atoms with Gasteiger partial charge in [0.15, 0.2) is 0 Å². The minimum Gasteiger partial charge on any atom is -0.497 e. The molecule has 1 fully saturated rings. The molecule has 118 valence electrons. The van der Waals surface area contributed by atoms with Crippen molar-refractivity contribution < 1.29 is 9.47 Å². The van der Waals surface area contributed by atoms with Crippen molar-refractivity contribution in [2.45, 2.75) is 36.9 Å². The summed E-state index contributed by atoms with van der Waals surface area (Å²) >= 11 is 1.64. The van der Waals surface area contributed by atoms with Crippen molar-refractivity contribution in [2.24, 2.45) is 0 Å². The van der Waals surface area contributed by atoms with Crippen molar-refractivity contribution in [3.63, 3.8) is 0 Å². The van der Waals surface area contributed by atoms with E-state index in [1.807, 2.05) is 28.9 Å². The summed E-state index contributed by atoms with van der Waals surface area (Å²) in [6.45, 7) is 0.620. The summed E-state index contributed by atoms with van der Waals surface area (Å²) in [6, 6.07) is 8.07. The lowest BCUT2D eigenvalue weighted by molar-refractivity contribution is 0.342. The summed E-state index contributed by atoms with van der Waals surface area (Å²) in [5, 5.41) is 13.0. The fraction of sp³-hybridized carbons (Fsp3) is 0.533. The molecule has 0 unspecified atom stereocenters. The van der Waals surface area contributed by atoms with Gasteiger partial charge in [0.2, 0.25) is 5.16 Å². The van der Waals surface area contributed by atoms with E-state index < -0.39 is 0 Å². The number of ether oxygens (including phenoxy) is 2. The van der Waals surface area contributed by atoms with Gasteiger partial charge in [-0.15, -0.1) is 5.10 Å². The standard InChI is InChI=1S/C15H20N4O2S/c1-20-13-6-8-14(9-7-13)21-10-11-22-15-16-17-18-19(15)12-4-2-3-5-12/h6-9,12H,2-5,10-11H2,1H3. The molecular weight excluding hydrogens is 300 g/mol. The third-order valence-corrected chi connectivity index (χ3v) is 4.67. The molecule has 1 heterocycles. The summed E-state index contributed by atoms with van der Waals surface area (Å²) in [5.74, 6) is 2.49. The Morgan fingerprint density at radius 2 is 1.91 bits per heavy atom. The summed E-state index contributed by atoms with van der Waals surface area (Å²) in [6.07, 6.45) is 4.91. The third-order valence-electron chi connectivity index (χ3n) is 3.78. The number of nitrogens with zero attached hydrogens (tertiary/aromatic N) is 4. The van der Waals surface area contributed by atoms with Gasteiger partial charge in [0.05, 0.1) is 19.8 Å². The molecule has 0 atom stereocenters. The second-order valence-electron chi connectivity index (χ2n) is 5.22. The Morgan fingerprint density at radius 1 is 1.18 bits per heavy atom. The Kier molecular flexibility index (Phi) is 5.15. The van der Waals surface area contributed by atoms with Crippen molar-refractivity contribution in [3.8, 4) is 11.5 Å². The molecule has 0 bridgehead atoms. The zero-order chi connectivity index (χ0) is 15.2. The lowest BCUT2D eigenvalue weighted by Gasteiger charge is -2.11. The van der Waals surface area contributed by atoms with Gasteiger partial charge in [0.25, 0.3) is 0 Å². The van der Waals surface area contributed by atoms with Gasteiger partial charge >= 0.3 is 0 Å². The molecule has 1 aliphatic carbocycles. The van der Waals surface area contributed by atoms with Gasteiger partial charge in [-0.25, -0.2) is 4.68 Å². The minimum atomic E-state index is 0.472. The lowest BCUT2D eigenvalue weighted by atomic mass is 10.3. The molecule has 2 aromatic rings. The first-order valence-electron chi connectivity index (χ1n) is 7.54. The zero-order valence-electron chi connectivity index (χ0n) is 12.6. The predicted molar refractivity (Wildman–Crippen MR) is 84.5 cm³/mol. The van der Waals surface area contributed by atoms with Crippen molar-refractivity contribution in [3.05, 3.63) is 24.3 Å². The highest BCUT2D eigenvalue weighted by Gasteiger charge is 2.21. The number of tetrazole rings is 1. The second-order valence-corrected chi connectivity index (χ2v) is 6.28. The minimum absolute atomic E-state index is 0.472. The van der Waals surface area contributed by atoms with E-state index in [0.29, 0.717) is 12.6 Å². The second kappa shape index (κ2) is 7.49. The predicted octanol–water partition coefficient (Wildman–Crippen LogP) is 2.97. The number of methoxy groups -OCH3 is 1. The van der Waals surface area contributed by atoms with E-state index in [2.05, 4.69) is 15.5 Å². The van der Waals surface area contributed by atoms with Crippen molar-refractivity contribution in [1.82, 2.24) is 20.2 Å². The number of rotatable bonds is 7. The summed E-state index contributed by atoms with van der Waals surface area (Å²) in [7, 11) is 1.65. The Hall–Kier alpha value is -1.76. The highest BCUT2D eigenvalue weighted by molar-refractivity contribution is 7.99. The van der Waals surface area contributed by atoms with Crippen LogP contribution >= 0.6 is 11.8 Å². The van der Waals surface area contributed by atoms with E-state index in [0.717, 1.165) is 22.4 Å². The molecule has 1 saturated carbocycles. The molecule has 0 aliphatic heterocycles. The van der Waals surface area contributed by atoms with E-state index in [-0.39, 0.29) is 0 Å². The molecule has 1 aromatic carbocycles. The van der Waals surface area contributed by atoms with Gasteiger partial charge in [-0.1, -0.05) is 24.6 Å². The van der Waals surface area contributed by atoms with E-state index in [1.165, 1.54) is 25.7 Å². The van der Waals surface area contributed by atoms with Crippen LogP contribution in [0.3, 0.4) is 0 Å². The van der Waals surface area contributed by atoms with Crippen LogP contribution in [-0.4, -0.2) is 39.7 Å². The smallest absolute Gasteiger partial charge is 0.209 e. The van der Waals surface area contributed by atoms with Crippen LogP contribution in [0.15, 0.2) is 29.4 Å². The Bertz CT molecular complexity index is 581. The van der Waals surface area contributed by atoms with Gasteiger partial charge in [-0.05, 0) is 47.5 Å². The molecule has 1 aromatic heterocycles. The van der Waals surface area contributed by atoms with Crippen LogP contribution in [0.1, 0.15) is 31.7 Å². The van der Waals surface area contributed by atoms with Crippen LogP contribution in [0, 0.1) is 0 Å². The average Bonchev–Trinajstić information content (AvgIpc) is 3.23. The van der Waals surface area contributed by atoms with Gasteiger partial charge < -0.3 is 9.47 Å². The van der Waals surface area contributed by atoms with Crippen LogP contribution in [0.25, 0.3) is 0 Å².